The van der Waals surface area contributed by atoms with Crippen LogP contribution in [0.5, 0.6) is 0 Å². The molecule has 0 fully saturated rings. The third kappa shape index (κ3) is 3.48. The first-order chi connectivity index (χ1) is 8.90. The van der Waals surface area contributed by atoms with Crippen LogP contribution in [0.1, 0.15) is 18.1 Å². The van der Waals surface area contributed by atoms with Crippen LogP contribution in [0.15, 0.2) is 41.1 Å². The molecule has 100 valence electrons. The first kappa shape index (κ1) is 14.8. The number of nitrogens with zero attached hydrogens (tertiary/aromatic N) is 1. The molecule has 5 heteroatoms. The summed E-state index contributed by atoms with van der Waals surface area (Å²) in [4.78, 5) is 3.97. The topological polar surface area (TPSA) is 38.9 Å². The molecule has 0 saturated heterocycles. The fraction of sp³-hybridized carbons (Fsp3) is 0.214. The number of nitrogens with two attached hydrogens (primary N) is 1. The van der Waals surface area contributed by atoms with Crippen LogP contribution in [0.3, 0.4) is 0 Å². The van der Waals surface area contributed by atoms with Gasteiger partial charge in [0.15, 0.2) is 0 Å². The number of aromatic nitrogens is 1. The molecule has 0 spiro atoms. The molecule has 1 aromatic carbocycles. The Morgan fingerprint density at radius 3 is 2.63 bits per heavy atom. The predicted molar refractivity (Wildman–Crippen MR) is 83.6 cm³/mol. The highest BCUT2D eigenvalue weighted by Crippen LogP contribution is 2.32. The van der Waals surface area contributed by atoms with Crippen LogP contribution in [0.2, 0.25) is 10.0 Å². The minimum atomic E-state index is -0.594. The third-order valence-electron chi connectivity index (χ3n) is 2.96. The largest absolute Gasteiger partial charge is 0.321 e. The van der Waals surface area contributed by atoms with E-state index in [9.17, 15) is 0 Å². The summed E-state index contributed by atoms with van der Waals surface area (Å²) in [5, 5.41) is 1.26. The highest BCUT2D eigenvalue weighted by Gasteiger charge is 2.25. The summed E-state index contributed by atoms with van der Waals surface area (Å²) in [6, 6.07) is 7.58. The van der Waals surface area contributed by atoms with Gasteiger partial charge in [-0.2, -0.15) is 0 Å². The minimum Gasteiger partial charge on any atom is -0.321 e. The summed E-state index contributed by atoms with van der Waals surface area (Å²) < 4.78 is 0.930. The zero-order valence-electron chi connectivity index (χ0n) is 10.3. The Morgan fingerprint density at radius 1 is 1.26 bits per heavy atom. The smallest absolute Gasteiger partial charge is 0.0622 e. The van der Waals surface area contributed by atoms with Crippen LogP contribution < -0.4 is 5.73 Å². The van der Waals surface area contributed by atoms with Crippen LogP contribution in [0.4, 0.5) is 0 Å². The van der Waals surface area contributed by atoms with Gasteiger partial charge in [0.2, 0.25) is 0 Å². The first-order valence-corrected chi connectivity index (χ1v) is 7.28. The van der Waals surface area contributed by atoms with Crippen molar-refractivity contribution >= 4 is 39.1 Å². The molecule has 19 heavy (non-hydrogen) atoms. The molecule has 0 aliphatic rings. The maximum Gasteiger partial charge on any atom is 0.0622 e. The molecule has 2 aromatic rings. The van der Waals surface area contributed by atoms with E-state index in [1.165, 1.54) is 0 Å². The van der Waals surface area contributed by atoms with Crippen LogP contribution >= 0.6 is 39.1 Å². The molecule has 0 bridgehead atoms. The first-order valence-electron chi connectivity index (χ1n) is 5.73. The van der Waals surface area contributed by atoms with E-state index in [0.29, 0.717) is 16.5 Å². The highest BCUT2D eigenvalue weighted by molar-refractivity contribution is 9.10. The van der Waals surface area contributed by atoms with E-state index in [1.54, 1.807) is 12.4 Å². The van der Waals surface area contributed by atoms with Gasteiger partial charge in [-0.15, -0.1) is 0 Å². The Kier molecular flexibility index (Phi) is 4.51. The molecule has 0 aliphatic carbocycles. The number of pyridine rings is 1. The Balaban J connectivity index is 2.35. The van der Waals surface area contributed by atoms with Crippen molar-refractivity contribution in [1.82, 2.24) is 4.98 Å². The van der Waals surface area contributed by atoms with Crippen LogP contribution in [0, 0.1) is 0 Å². The van der Waals surface area contributed by atoms with Gasteiger partial charge >= 0.3 is 0 Å². The van der Waals surface area contributed by atoms with Gasteiger partial charge < -0.3 is 5.73 Å². The molecular formula is C14H13BrCl2N2. The highest BCUT2D eigenvalue weighted by atomic mass is 79.9. The Bertz CT molecular complexity index is 600. The summed E-state index contributed by atoms with van der Waals surface area (Å²) in [6.45, 7) is 1.94. The predicted octanol–water partition coefficient (Wildman–Crippen LogP) is 4.57. The molecule has 0 radical (unpaired) electrons. The Labute approximate surface area is 131 Å². The monoisotopic (exact) mass is 358 g/mol. The molecule has 2 nitrogen and oxygen atoms in total. The molecule has 0 aliphatic heterocycles. The number of halogens is 3. The number of hydrogen-bond donors (Lipinski definition) is 1. The van der Waals surface area contributed by atoms with Crippen molar-refractivity contribution in [1.29, 1.82) is 0 Å². The average Bonchev–Trinajstić information content (AvgIpc) is 2.31. The third-order valence-corrected chi connectivity index (χ3v) is 4.11. The fourth-order valence-corrected chi connectivity index (χ4v) is 3.07. The number of rotatable bonds is 3. The lowest BCUT2D eigenvalue weighted by molar-refractivity contribution is 0.491. The SMILES string of the molecule is CC(N)(Cc1ccncc1Cl)c1ccc(Br)cc1Cl. The van der Waals surface area contributed by atoms with Gasteiger partial charge in [0, 0.05) is 27.4 Å². The van der Waals surface area contributed by atoms with E-state index in [-0.39, 0.29) is 0 Å². The zero-order chi connectivity index (χ0) is 14.0. The maximum atomic E-state index is 6.41. The van der Waals surface area contributed by atoms with Gasteiger partial charge in [0.05, 0.1) is 5.02 Å². The quantitative estimate of drug-likeness (QED) is 0.871. The second kappa shape index (κ2) is 5.80. The van der Waals surface area contributed by atoms with Crippen molar-refractivity contribution in [3.05, 3.63) is 62.3 Å². The molecule has 1 unspecified atom stereocenters. The fourth-order valence-electron chi connectivity index (χ4n) is 1.99. The van der Waals surface area contributed by atoms with Crippen LogP contribution in [-0.2, 0) is 12.0 Å². The molecule has 0 amide bonds. The molecule has 1 atom stereocenters. The summed E-state index contributed by atoms with van der Waals surface area (Å²) in [5.41, 5.74) is 7.67. The molecular weight excluding hydrogens is 347 g/mol. The van der Waals surface area contributed by atoms with Crippen LogP contribution in [0.25, 0.3) is 0 Å². The minimum absolute atomic E-state index is 0.593. The maximum absolute atomic E-state index is 6.41. The summed E-state index contributed by atoms with van der Waals surface area (Å²) in [7, 11) is 0. The standard InChI is InChI=1S/C14H13BrCl2N2/c1-14(18,7-9-4-5-19-8-13(9)17)11-3-2-10(15)6-12(11)16/h2-6,8H,7,18H2,1H3. The van der Waals surface area contributed by atoms with E-state index in [1.807, 2.05) is 31.2 Å². The Morgan fingerprint density at radius 2 is 2.00 bits per heavy atom. The molecule has 1 heterocycles. The lowest BCUT2D eigenvalue weighted by Gasteiger charge is -2.27. The zero-order valence-corrected chi connectivity index (χ0v) is 13.4. The summed E-state index contributed by atoms with van der Waals surface area (Å²) in [6.07, 6.45) is 3.92. The lowest BCUT2D eigenvalue weighted by Crippen LogP contribution is -2.35. The normalized spacial score (nSPS) is 14.2. The Hall–Kier alpha value is -0.610. The van der Waals surface area contributed by atoms with Gasteiger partial charge in [-0.25, -0.2) is 0 Å². The van der Waals surface area contributed by atoms with E-state index < -0.39 is 5.54 Å². The number of benzene rings is 1. The van der Waals surface area contributed by atoms with Crippen molar-refractivity contribution in [3.63, 3.8) is 0 Å². The molecule has 2 rings (SSSR count). The summed E-state index contributed by atoms with van der Waals surface area (Å²) in [5.74, 6) is 0. The van der Waals surface area contributed by atoms with Gasteiger partial charge in [0.1, 0.15) is 0 Å². The van der Waals surface area contributed by atoms with E-state index >= 15 is 0 Å². The van der Waals surface area contributed by atoms with E-state index in [0.717, 1.165) is 15.6 Å². The van der Waals surface area contributed by atoms with E-state index in [4.69, 9.17) is 28.9 Å². The van der Waals surface area contributed by atoms with Gasteiger partial charge in [-0.3, -0.25) is 4.98 Å². The van der Waals surface area contributed by atoms with Crippen molar-refractivity contribution in [2.24, 2.45) is 5.73 Å². The second-order valence-electron chi connectivity index (χ2n) is 4.69. The van der Waals surface area contributed by atoms with Crippen molar-refractivity contribution < 1.29 is 0 Å². The van der Waals surface area contributed by atoms with Gasteiger partial charge in [-0.05, 0) is 42.7 Å². The van der Waals surface area contributed by atoms with Crippen molar-refractivity contribution in [2.75, 3.05) is 0 Å². The van der Waals surface area contributed by atoms with E-state index in [2.05, 4.69) is 20.9 Å². The molecule has 1 aromatic heterocycles. The van der Waals surface area contributed by atoms with Gasteiger partial charge in [-0.1, -0.05) is 45.2 Å². The lowest BCUT2D eigenvalue weighted by atomic mass is 9.87. The molecule has 0 saturated carbocycles. The van der Waals surface area contributed by atoms with Crippen molar-refractivity contribution in [3.8, 4) is 0 Å². The van der Waals surface area contributed by atoms with Gasteiger partial charge in [0.25, 0.3) is 0 Å². The van der Waals surface area contributed by atoms with Crippen LogP contribution in [-0.4, -0.2) is 4.98 Å². The van der Waals surface area contributed by atoms with Crippen molar-refractivity contribution in [2.45, 2.75) is 18.9 Å². The summed E-state index contributed by atoms with van der Waals surface area (Å²) >= 11 is 15.8. The average molecular weight is 360 g/mol. The second-order valence-corrected chi connectivity index (χ2v) is 6.42. The number of hydrogen-bond acceptors (Lipinski definition) is 2. The molecule has 2 N–H and O–H groups in total.